The van der Waals surface area contributed by atoms with E-state index in [1.54, 1.807) is 31.3 Å². The highest BCUT2D eigenvalue weighted by molar-refractivity contribution is 6.33. The molecule has 142 valence electrons. The smallest absolute Gasteiger partial charge is 0.244 e. The van der Waals surface area contributed by atoms with Gasteiger partial charge in [0, 0.05) is 20.0 Å². The van der Waals surface area contributed by atoms with E-state index in [-0.39, 0.29) is 43.7 Å². The summed E-state index contributed by atoms with van der Waals surface area (Å²) in [4.78, 5) is 37.3. The van der Waals surface area contributed by atoms with Crippen LogP contribution in [-0.2, 0) is 20.8 Å². The molecular formula is C20H22ClN3O3. The maximum atomic E-state index is 12.1. The van der Waals surface area contributed by atoms with Crippen LogP contribution in [0.15, 0.2) is 54.6 Å². The molecule has 0 aliphatic carbocycles. The van der Waals surface area contributed by atoms with Crippen LogP contribution in [0.5, 0.6) is 0 Å². The number of nitrogens with one attached hydrogen (secondary N) is 2. The number of benzene rings is 2. The fraction of sp³-hybridized carbons (Fsp3) is 0.250. The van der Waals surface area contributed by atoms with Crippen molar-refractivity contribution in [3.8, 4) is 0 Å². The molecule has 27 heavy (non-hydrogen) atoms. The second-order valence-electron chi connectivity index (χ2n) is 6.04. The zero-order chi connectivity index (χ0) is 19.6. The Bertz CT molecular complexity index is 796. The number of amides is 3. The van der Waals surface area contributed by atoms with Gasteiger partial charge in [-0.3, -0.25) is 14.4 Å². The van der Waals surface area contributed by atoms with Gasteiger partial charge < -0.3 is 15.5 Å². The number of rotatable bonds is 8. The molecule has 0 heterocycles. The molecule has 0 aliphatic heterocycles. The monoisotopic (exact) mass is 387 g/mol. The Labute approximate surface area is 163 Å². The van der Waals surface area contributed by atoms with Crippen LogP contribution in [0.25, 0.3) is 0 Å². The minimum atomic E-state index is -0.341. The van der Waals surface area contributed by atoms with Crippen LogP contribution >= 0.6 is 11.6 Å². The molecule has 2 aromatic rings. The lowest BCUT2D eigenvalue weighted by Crippen LogP contribution is -2.37. The molecule has 0 atom stereocenters. The second kappa shape index (κ2) is 10.3. The molecule has 2 aromatic carbocycles. The molecule has 0 aromatic heterocycles. The molecule has 0 aliphatic rings. The Morgan fingerprint density at radius 2 is 1.63 bits per heavy atom. The number of hydrogen-bond donors (Lipinski definition) is 2. The van der Waals surface area contributed by atoms with Gasteiger partial charge in [-0.25, -0.2) is 0 Å². The predicted octanol–water partition coefficient (Wildman–Crippen LogP) is 2.49. The van der Waals surface area contributed by atoms with Crippen LogP contribution in [0.2, 0.25) is 5.02 Å². The van der Waals surface area contributed by atoms with Crippen molar-refractivity contribution in [2.24, 2.45) is 0 Å². The summed E-state index contributed by atoms with van der Waals surface area (Å²) in [5.74, 6) is -0.718. The van der Waals surface area contributed by atoms with Crippen LogP contribution in [0, 0.1) is 0 Å². The van der Waals surface area contributed by atoms with E-state index >= 15 is 0 Å². The van der Waals surface area contributed by atoms with Gasteiger partial charge in [0.25, 0.3) is 0 Å². The Balaban J connectivity index is 1.69. The number of anilines is 1. The van der Waals surface area contributed by atoms with Gasteiger partial charge in [-0.15, -0.1) is 0 Å². The summed E-state index contributed by atoms with van der Waals surface area (Å²) in [6, 6.07) is 16.2. The first-order chi connectivity index (χ1) is 13.0. The average molecular weight is 388 g/mol. The number of halogens is 1. The second-order valence-corrected chi connectivity index (χ2v) is 6.45. The molecule has 3 amide bonds. The highest BCUT2D eigenvalue weighted by Crippen LogP contribution is 2.20. The van der Waals surface area contributed by atoms with Crippen LogP contribution in [0.3, 0.4) is 0 Å². The fourth-order valence-corrected chi connectivity index (χ4v) is 2.58. The molecule has 0 saturated carbocycles. The lowest BCUT2D eigenvalue weighted by Gasteiger charge is -2.17. The molecule has 0 saturated heterocycles. The van der Waals surface area contributed by atoms with Crippen LogP contribution in [-0.4, -0.2) is 42.8 Å². The minimum absolute atomic E-state index is 0.0952. The number of nitrogens with zero attached hydrogens (tertiary/aromatic N) is 1. The van der Waals surface area contributed by atoms with E-state index < -0.39 is 0 Å². The zero-order valence-corrected chi connectivity index (χ0v) is 15.8. The van der Waals surface area contributed by atoms with Crippen molar-refractivity contribution in [3.63, 3.8) is 0 Å². The molecule has 6 nitrogen and oxygen atoms in total. The largest absolute Gasteiger partial charge is 0.355 e. The van der Waals surface area contributed by atoms with Gasteiger partial charge in [-0.1, -0.05) is 54.1 Å². The Morgan fingerprint density at radius 3 is 2.33 bits per heavy atom. The van der Waals surface area contributed by atoms with Gasteiger partial charge in [0.15, 0.2) is 0 Å². The summed E-state index contributed by atoms with van der Waals surface area (Å²) in [5, 5.41) is 5.81. The maximum absolute atomic E-state index is 12.1. The molecule has 0 spiro atoms. The summed E-state index contributed by atoms with van der Waals surface area (Å²) >= 11 is 5.99. The van der Waals surface area contributed by atoms with Gasteiger partial charge in [0.05, 0.1) is 23.7 Å². The van der Waals surface area contributed by atoms with Gasteiger partial charge in [-0.2, -0.15) is 0 Å². The zero-order valence-electron chi connectivity index (χ0n) is 15.1. The Hall–Kier alpha value is -2.86. The third kappa shape index (κ3) is 7.11. The summed E-state index contributed by atoms with van der Waals surface area (Å²) in [6.45, 7) is 0.128. The van der Waals surface area contributed by atoms with Crippen LogP contribution < -0.4 is 10.6 Å². The van der Waals surface area contributed by atoms with Crippen LogP contribution in [0.4, 0.5) is 5.69 Å². The fourth-order valence-electron chi connectivity index (χ4n) is 2.40. The third-order valence-corrected chi connectivity index (χ3v) is 4.15. The van der Waals surface area contributed by atoms with Gasteiger partial charge >= 0.3 is 0 Å². The van der Waals surface area contributed by atoms with Gasteiger partial charge in [0.1, 0.15) is 0 Å². The molecule has 7 heteroatoms. The van der Waals surface area contributed by atoms with E-state index in [0.29, 0.717) is 10.7 Å². The van der Waals surface area contributed by atoms with E-state index in [0.717, 1.165) is 5.56 Å². The van der Waals surface area contributed by atoms with E-state index in [1.807, 2.05) is 30.3 Å². The van der Waals surface area contributed by atoms with E-state index in [4.69, 9.17) is 11.6 Å². The lowest BCUT2D eigenvalue weighted by molar-refractivity contribution is -0.133. The summed E-state index contributed by atoms with van der Waals surface area (Å²) in [5.41, 5.74) is 1.41. The van der Waals surface area contributed by atoms with Crippen molar-refractivity contribution >= 4 is 35.0 Å². The normalized spacial score (nSPS) is 10.1. The maximum Gasteiger partial charge on any atom is 0.244 e. The molecule has 2 rings (SSSR count). The molecule has 0 bridgehead atoms. The summed E-state index contributed by atoms with van der Waals surface area (Å²) < 4.78 is 0. The van der Waals surface area contributed by atoms with Crippen molar-refractivity contribution in [3.05, 3.63) is 65.2 Å². The highest BCUT2D eigenvalue weighted by Gasteiger charge is 2.14. The minimum Gasteiger partial charge on any atom is -0.355 e. The lowest BCUT2D eigenvalue weighted by atomic mass is 10.1. The molecule has 2 N–H and O–H groups in total. The number of carbonyl (C=O) groups excluding carboxylic acids is 3. The van der Waals surface area contributed by atoms with Crippen molar-refractivity contribution in [1.29, 1.82) is 0 Å². The SMILES string of the molecule is CN(CC(=O)Nc1ccccc1Cl)C(=O)CCNC(=O)Cc1ccccc1. The third-order valence-electron chi connectivity index (χ3n) is 3.82. The molecule has 0 fully saturated rings. The first kappa shape index (κ1) is 20.5. The summed E-state index contributed by atoms with van der Waals surface area (Å²) in [7, 11) is 1.54. The topological polar surface area (TPSA) is 78.5 Å². The summed E-state index contributed by atoms with van der Waals surface area (Å²) in [6.07, 6.45) is 0.390. The number of carbonyl (C=O) groups is 3. The van der Waals surface area contributed by atoms with Crippen molar-refractivity contribution in [2.45, 2.75) is 12.8 Å². The van der Waals surface area contributed by atoms with Crippen LogP contribution in [0.1, 0.15) is 12.0 Å². The first-order valence-corrected chi connectivity index (χ1v) is 8.92. The van der Waals surface area contributed by atoms with Gasteiger partial charge in [-0.05, 0) is 17.7 Å². The number of likely N-dealkylation sites (N-methyl/N-ethyl adjacent to an activating group) is 1. The molecule has 0 radical (unpaired) electrons. The Kier molecular flexibility index (Phi) is 7.82. The number of para-hydroxylation sites is 1. The van der Waals surface area contributed by atoms with Crippen molar-refractivity contribution in [2.75, 3.05) is 25.5 Å². The first-order valence-electron chi connectivity index (χ1n) is 8.54. The average Bonchev–Trinajstić information content (AvgIpc) is 2.64. The van der Waals surface area contributed by atoms with Crippen molar-refractivity contribution in [1.82, 2.24) is 10.2 Å². The Morgan fingerprint density at radius 1 is 0.963 bits per heavy atom. The predicted molar refractivity (Wildman–Crippen MR) is 105 cm³/mol. The molecular weight excluding hydrogens is 366 g/mol. The molecule has 0 unspecified atom stereocenters. The van der Waals surface area contributed by atoms with Crippen molar-refractivity contribution < 1.29 is 14.4 Å². The van der Waals surface area contributed by atoms with E-state index in [2.05, 4.69) is 10.6 Å². The van der Waals surface area contributed by atoms with Gasteiger partial charge in [0.2, 0.25) is 17.7 Å². The quantitative estimate of drug-likeness (QED) is 0.730. The number of hydrogen-bond acceptors (Lipinski definition) is 3. The standard InChI is InChI=1S/C20H22ClN3O3/c1-24(14-19(26)23-17-10-6-5-9-16(17)21)20(27)11-12-22-18(25)13-15-7-3-2-4-8-15/h2-10H,11-14H2,1H3,(H,22,25)(H,23,26). The van der Waals surface area contributed by atoms with E-state index in [1.165, 1.54) is 4.90 Å². The van der Waals surface area contributed by atoms with E-state index in [9.17, 15) is 14.4 Å². The highest BCUT2D eigenvalue weighted by atomic mass is 35.5.